The quantitative estimate of drug-likeness (QED) is 0.182. The average Bonchev–Trinajstić information content (AvgIpc) is 2.68. The monoisotopic (exact) mass is 423 g/mol. The van der Waals surface area contributed by atoms with Gasteiger partial charge in [-0.1, -0.05) is 18.6 Å². The van der Waals surface area contributed by atoms with E-state index < -0.39 is 48.2 Å². The maximum atomic E-state index is 12.6. The summed E-state index contributed by atoms with van der Waals surface area (Å²) < 4.78 is 0. The Kier molecular flexibility index (Phi) is 10.3. The Morgan fingerprint density at radius 3 is 2.10 bits per heavy atom. The number of aliphatic carboxylic acids is 1. The molecule has 3 amide bonds. The number of nitrogens with one attached hydrogen (secondary N) is 2. The van der Waals surface area contributed by atoms with Crippen molar-refractivity contribution in [2.24, 2.45) is 17.2 Å². The minimum absolute atomic E-state index is 0.0155. The Morgan fingerprint density at radius 2 is 1.57 bits per heavy atom. The third-order valence-corrected chi connectivity index (χ3v) is 4.34. The fourth-order valence-corrected chi connectivity index (χ4v) is 2.67. The van der Waals surface area contributed by atoms with E-state index >= 15 is 0 Å². The zero-order valence-electron chi connectivity index (χ0n) is 16.5. The number of carboxylic acid groups (broad SMARTS) is 1. The average molecular weight is 423 g/mol. The zero-order chi connectivity index (χ0) is 22.7. The van der Waals surface area contributed by atoms with Crippen molar-refractivity contribution in [1.29, 1.82) is 0 Å². The minimum Gasteiger partial charge on any atom is -0.508 e. The lowest BCUT2D eigenvalue weighted by Crippen LogP contribution is -2.55. The van der Waals surface area contributed by atoms with Crippen molar-refractivity contribution in [3.05, 3.63) is 29.8 Å². The van der Waals surface area contributed by atoms with E-state index in [0.29, 0.717) is 31.4 Å². The van der Waals surface area contributed by atoms with E-state index in [0.717, 1.165) is 0 Å². The van der Waals surface area contributed by atoms with Gasteiger partial charge in [-0.3, -0.25) is 14.4 Å². The van der Waals surface area contributed by atoms with Gasteiger partial charge in [0, 0.05) is 6.42 Å². The molecular formula is C19H29N5O6. The molecule has 0 bridgehead atoms. The highest BCUT2D eigenvalue weighted by atomic mass is 16.4. The van der Waals surface area contributed by atoms with Gasteiger partial charge >= 0.3 is 5.97 Å². The first kappa shape index (κ1) is 24.9. The second-order valence-electron chi connectivity index (χ2n) is 6.89. The largest absolute Gasteiger partial charge is 0.508 e. The number of nitrogens with two attached hydrogens (primary N) is 3. The van der Waals surface area contributed by atoms with Crippen molar-refractivity contribution < 1.29 is 29.4 Å². The Bertz CT molecular complexity index is 739. The van der Waals surface area contributed by atoms with E-state index in [-0.39, 0.29) is 12.2 Å². The summed E-state index contributed by atoms with van der Waals surface area (Å²) in [5.41, 5.74) is 16.9. The lowest BCUT2D eigenvalue weighted by molar-refractivity contribution is -0.142. The number of hydrogen-bond donors (Lipinski definition) is 7. The van der Waals surface area contributed by atoms with Crippen molar-refractivity contribution >= 4 is 23.7 Å². The van der Waals surface area contributed by atoms with Gasteiger partial charge in [0.25, 0.3) is 0 Å². The van der Waals surface area contributed by atoms with Crippen LogP contribution in [0.25, 0.3) is 0 Å². The number of carbonyl (C=O) groups excluding carboxylic acids is 3. The van der Waals surface area contributed by atoms with Crippen LogP contribution in [0.3, 0.4) is 0 Å². The Balaban J connectivity index is 2.81. The van der Waals surface area contributed by atoms with Crippen molar-refractivity contribution in [3.63, 3.8) is 0 Å². The number of carbonyl (C=O) groups is 4. The summed E-state index contributed by atoms with van der Waals surface area (Å²) in [5, 5.41) is 23.4. The maximum Gasteiger partial charge on any atom is 0.326 e. The van der Waals surface area contributed by atoms with Crippen LogP contribution in [0, 0.1) is 0 Å². The molecule has 0 unspecified atom stereocenters. The van der Waals surface area contributed by atoms with E-state index in [1.54, 1.807) is 0 Å². The van der Waals surface area contributed by atoms with E-state index in [4.69, 9.17) is 17.2 Å². The Labute approximate surface area is 174 Å². The molecule has 166 valence electrons. The molecule has 0 heterocycles. The first-order chi connectivity index (χ1) is 14.1. The molecule has 30 heavy (non-hydrogen) atoms. The van der Waals surface area contributed by atoms with Gasteiger partial charge in [-0.05, 0) is 37.1 Å². The zero-order valence-corrected chi connectivity index (χ0v) is 16.5. The van der Waals surface area contributed by atoms with Crippen molar-refractivity contribution in [2.75, 3.05) is 6.54 Å². The van der Waals surface area contributed by atoms with Crippen LogP contribution < -0.4 is 27.8 Å². The smallest absolute Gasteiger partial charge is 0.326 e. The third kappa shape index (κ3) is 8.88. The lowest BCUT2D eigenvalue weighted by atomic mass is 10.0. The number of amides is 3. The summed E-state index contributed by atoms with van der Waals surface area (Å²) in [7, 11) is 0. The standard InChI is InChI=1S/C19H29N5O6/c20-8-2-1-3-13(21)17(27)23-14(10-16(22)26)18(28)24-15(19(29)30)9-11-4-6-12(25)7-5-11/h4-7,13-15,25H,1-3,8-10,20-21H2,(H2,22,26)(H,23,27)(H,24,28)(H,29,30)/t13-,14-,15-/m0/s1. The minimum atomic E-state index is -1.36. The number of phenols is 1. The van der Waals surface area contributed by atoms with Crippen LogP contribution in [-0.2, 0) is 25.6 Å². The van der Waals surface area contributed by atoms with Crippen LogP contribution in [0.1, 0.15) is 31.2 Å². The molecule has 10 N–H and O–H groups in total. The molecule has 0 saturated carbocycles. The van der Waals surface area contributed by atoms with Gasteiger partial charge in [0.2, 0.25) is 17.7 Å². The topological polar surface area (TPSA) is 211 Å². The Hall–Kier alpha value is -3.18. The molecule has 0 aliphatic rings. The molecule has 0 fully saturated rings. The van der Waals surface area contributed by atoms with E-state index in [9.17, 15) is 29.4 Å². The van der Waals surface area contributed by atoms with E-state index in [2.05, 4.69) is 10.6 Å². The predicted octanol–water partition coefficient (Wildman–Crippen LogP) is -1.68. The van der Waals surface area contributed by atoms with Gasteiger partial charge in [0.1, 0.15) is 17.8 Å². The third-order valence-electron chi connectivity index (χ3n) is 4.34. The Morgan fingerprint density at radius 1 is 0.967 bits per heavy atom. The van der Waals surface area contributed by atoms with E-state index in [1.165, 1.54) is 24.3 Å². The van der Waals surface area contributed by atoms with Gasteiger partial charge in [-0.2, -0.15) is 0 Å². The first-order valence-corrected chi connectivity index (χ1v) is 9.49. The normalized spacial score (nSPS) is 13.7. The van der Waals surface area contributed by atoms with Gasteiger partial charge in [-0.25, -0.2) is 4.79 Å². The number of rotatable bonds is 13. The fraction of sp³-hybridized carbons (Fsp3) is 0.474. The van der Waals surface area contributed by atoms with Crippen LogP contribution in [0.15, 0.2) is 24.3 Å². The van der Waals surface area contributed by atoms with Crippen LogP contribution in [0.2, 0.25) is 0 Å². The van der Waals surface area contributed by atoms with Crippen LogP contribution in [0.5, 0.6) is 5.75 Å². The number of hydrogen-bond acceptors (Lipinski definition) is 7. The molecule has 11 heteroatoms. The second kappa shape index (κ2) is 12.4. The number of benzene rings is 1. The van der Waals surface area contributed by atoms with Gasteiger partial charge in [-0.15, -0.1) is 0 Å². The summed E-state index contributed by atoms with van der Waals surface area (Å²) in [6.45, 7) is 0.457. The van der Waals surface area contributed by atoms with E-state index in [1.807, 2.05) is 0 Å². The summed E-state index contributed by atoms with van der Waals surface area (Å²) in [4.78, 5) is 47.7. The molecule has 1 aromatic rings. The van der Waals surface area contributed by atoms with Crippen molar-refractivity contribution in [3.8, 4) is 5.75 Å². The number of unbranched alkanes of at least 4 members (excludes halogenated alkanes) is 1. The molecule has 1 rings (SSSR count). The fourth-order valence-electron chi connectivity index (χ4n) is 2.67. The summed E-state index contributed by atoms with van der Waals surface area (Å²) in [5.74, 6) is -3.67. The number of primary amides is 1. The number of aromatic hydroxyl groups is 1. The second-order valence-corrected chi connectivity index (χ2v) is 6.89. The molecular weight excluding hydrogens is 394 g/mol. The first-order valence-electron chi connectivity index (χ1n) is 9.49. The summed E-state index contributed by atoms with van der Waals surface area (Å²) in [6, 6.07) is 2.20. The van der Waals surface area contributed by atoms with Crippen molar-refractivity contribution in [2.45, 2.75) is 50.2 Å². The molecule has 0 saturated heterocycles. The molecule has 0 aliphatic heterocycles. The molecule has 0 aliphatic carbocycles. The molecule has 0 aromatic heterocycles. The molecule has 0 radical (unpaired) electrons. The van der Waals surface area contributed by atoms with Gasteiger partial charge in [0.05, 0.1) is 12.5 Å². The summed E-state index contributed by atoms with van der Waals surface area (Å²) >= 11 is 0. The van der Waals surface area contributed by atoms with Crippen LogP contribution in [0.4, 0.5) is 0 Å². The molecule has 3 atom stereocenters. The van der Waals surface area contributed by atoms with Crippen LogP contribution in [-0.4, -0.2) is 58.6 Å². The lowest BCUT2D eigenvalue weighted by Gasteiger charge is -2.22. The van der Waals surface area contributed by atoms with Gasteiger partial charge in [0.15, 0.2) is 0 Å². The molecule has 11 nitrogen and oxygen atoms in total. The molecule has 0 spiro atoms. The van der Waals surface area contributed by atoms with Gasteiger partial charge < -0.3 is 38.0 Å². The number of carboxylic acids is 1. The maximum absolute atomic E-state index is 12.6. The number of phenolic OH excluding ortho intramolecular Hbond substituents is 1. The van der Waals surface area contributed by atoms with Crippen LogP contribution >= 0.6 is 0 Å². The van der Waals surface area contributed by atoms with Crippen molar-refractivity contribution in [1.82, 2.24) is 10.6 Å². The highest BCUT2D eigenvalue weighted by Gasteiger charge is 2.29. The predicted molar refractivity (Wildman–Crippen MR) is 108 cm³/mol. The summed E-state index contributed by atoms with van der Waals surface area (Å²) in [6.07, 6.45) is 1.05. The highest BCUT2D eigenvalue weighted by Crippen LogP contribution is 2.12. The molecule has 1 aromatic carbocycles. The highest BCUT2D eigenvalue weighted by molar-refractivity contribution is 5.94. The SMILES string of the molecule is NCCCC[C@H](N)C(=O)N[C@@H](CC(N)=O)C(=O)N[C@@H](Cc1ccc(O)cc1)C(=O)O.